The fourth-order valence-corrected chi connectivity index (χ4v) is 1.65. The summed E-state index contributed by atoms with van der Waals surface area (Å²) in [7, 11) is 0. The van der Waals surface area contributed by atoms with Gasteiger partial charge in [-0.15, -0.1) is 0 Å². The molecule has 0 aliphatic carbocycles. The SMILES string of the molecule is O=c1[nH]c(/C=C/c2ccc(O)cc2O)c([N+](=O)[O-])c(=O)[nH]1. The van der Waals surface area contributed by atoms with Crippen molar-refractivity contribution in [2.45, 2.75) is 0 Å². The van der Waals surface area contributed by atoms with Crippen molar-refractivity contribution in [2.75, 3.05) is 0 Å². The minimum absolute atomic E-state index is 0.153. The van der Waals surface area contributed by atoms with E-state index in [1.807, 2.05) is 0 Å². The maximum absolute atomic E-state index is 11.4. The van der Waals surface area contributed by atoms with Crippen LogP contribution in [0.5, 0.6) is 11.5 Å². The number of phenols is 2. The minimum atomic E-state index is -1.13. The Labute approximate surface area is 116 Å². The van der Waals surface area contributed by atoms with Gasteiger partial charge in [-0.25, -0.2) is 4.79 Å². The van der Waals surface area contributed by atoms with Crippen LogP contribution in [0, 0.1) is 10.1 Å². The van der Waals surface area contributed by atoms with E-state index in [0.717, 1.165) is 12.1 Å². The van der Waals surface area contributed by atoms with Crippen molar-refractivity contribution in [1.29, 1.82) is 0 Å². The second-order valence-electron chi connectivity index (χ2n) is 4.00. The number of nitro groups is 1. The number of hydrogen-bond acceptors (Lipinski definition) is 6. The largest absolute Gasteiger partial charge is 0.508 e. The third-order valence-corrected chi connectivity index (χ3v) is 2.57. The number of phenolic OH excluding ortho intramolecular Hbond substituents is 2. The predicted octanol–water partition coefficient (Wildman–Crippen LogP) is 0.553. The molecule has 9 heteroatoms. The summed E-state index contributed by atoms with van der Waals surface area (Å²) in [6.45, 7) is 0. The van der Waals surface area contributed by atoms with E-state index in [1.54, 1.807) is 4.98 Å². The van der Waals surface area contributed by atoms with Crippen LogP contribution in [0.15, 0.2) is 27.8 Å². The van der Waals surface area contributed by atoms with Gasteiger partial charge in [0.05, 0.1) is 4.92 Å². The van der Waals surface area contributed by atoms with E-state index in [-0.39, 0.29) is 22.8 Å². The molecule has 2 rings (SSSR count). The number of nitrogens with one attached hydrogen (secondary N) is 2. The monoisotopic (exact) mass is 291 g/mol. The molecule has 0 bridgehead atoms. The van der Waals surface area contributed by atoms with Crippen LogP contribution in [0.3, 0.4) is 0 Å². The van der Waals surface area contributed by atoms with Gasteiger partial charge in [-0.1, -0.05) is 0 Å². The average molecular weight is 291 g/mol. The number of hydrogen-bond donors (Lipinski definition) is 4. The molecule has 0 unspecified atom stereocenters. The van der Waals surface area contributed by atoms with E-state index in [1.165, 1.54) is 18.2 Å². The van der Waals surface area contributed by atoms with Gasteiger partial charge in [0, 0.05) is 11.6 Å². The summed E-state index contributed by atoms with van der Waals surface area (Å²) >= 11 is 0. The Balaban J connectivity index is 2.53. The molecule has 21 heavy (non-hydrogen) atoms. The second kappa shape index (κ2) is 5.33. The fourth-order valence-electron chi connectivity index (χ4n) is 1.65. The standard InChI is InChI=1S/C12H9N3O6/c16-7-3-1-6(9(17)5-7)2-4-8-10(15(20)21)11(18)14-12(19)13-8/h1-5,16-17H,(H2,13,14,18,19)/b4-2+. The average Bonchev–Trinajstić information content (AvgIpc) is 2.36. The summed E-state index contributed by atoms with van der Waals surface area (Å²) in [5.41, 5.74) is -2.90. The van der Waals surface area contributed by atoms with Gasteiger partial charge in [0.2, 0.25) is 0 Å². The quantitative estimate of drug-likeness (QED) is 0.479. The van der Waals surface area contributed by atoms with Gasteiger partial charge in [-0.2, -0.15) is 0 Å². The molecule has 9 nitrogen and oxygen atoms in total. The number of aromatic amines is 2. The molecule has 0 atom stereocenters. The summed E-state index contributed by atoms with van der Waals surface area (Å²) in [4.78, 5) is 36.3. The molecule has 0 radical (unpaired) electrons. The number of aromatic nitrogens is 2. The summed E-state index contributed by atoms with van der Waals surface area (Å²) in [6.07, 6.45) is 2.37. The molecule has 0 amide bonds. The molecule has 0 saturated carbocycles. The third-order valence-electron chi connectivity index (χ3n) is 2.57. The summed E-state index contributed by atoms with van der Waals surface area (Å²) in [5.74, 6) is -0.415. The number of rotatable bonds is 3. The van der Waals surface area contributed by atoms with Gasteiger partial charge < -0.3 is 15.2 Å². The van der Waals surface area contributed by atoms with Crippen LogP contribution >= 0.6 is 0 Å². The Morgan fingerprint density at radius 1 is 1.14 bits per heavy atom. The van der Waals surface area contributed by atoms with Crippen LogP contribution in [0.25, 0.3) is 12.2 Å². The highest BCUT2D eigenvalue weighted by atomic mass is 16.6. The first-order chi connectivity index (χ1) is 9.88. The predicted molar refractivity (Wildman–Crippen MR) is 73.0 cm³/mol. The first-order valence-corrected chi connectivity index (χ1v) is 5.59. The van der Waals surface area contributed by atoms with E-state index in [2.05, 4.69) is 4.98 Å². The Morgan fingerprint density at radius 2 is 1.86 bits per heavy atom. The van der Waals surface area contributed by atoms with Gasteiger partial charge in [-0.05, 0) is 24.3 Å². The summed E-state index contributed by atoms with van der Waals surface area (Å²) in [5, 5.41) is 29.5. The first-order valence-electron chi connectivity index (χ1n) is 5.59. The number of nitrogens with zero attached hydrogens (tertiary/aromatic N) is 1. The number of H-pyrrole nitrogens is 2. The van der Waals surface area contributed by atoms with Crippen LogP contribution in [-0.2, 0) is 0 Å². The highest BCUT2D eigenvalue weighted by Crippen LogP contribution is 2.24. The lowest BCUT2D eigenvalue weighted by molar-refractivity contribution is -0.386. The molecule has 0 saturated heterocycles. The summed E-state index contributed by atoms with van der Waals surface area (Å²) < 4.78 is 0. The first kappa shape index (κ1) is 14.1. The lowest BCUT2D eigenvalue weighted by Crippen LogP contribution is -2.25. The fraction of sp³-hybridized carbons (Fsp3) is 0. The third kappa shape index (κ3) is 2.97. The highest BCUT2D eigenvalue weighted by Gasteiger charge is 2.18. The van der Waals surface area contributed by atoms with Crippen LogP contribution in [0.4, 0.5) is 5.69 Å². The van der Waals surface area contributed by atoms with Gasteiger partial charge in [0.25, 0.3) is 0 Å². The van der Waals surface area contributed by atoms with Crippen molar-refractivity contribution in [1.82, 2.24) is 9.97 Å². The normalized spacial score (nSPS) is 10.9. The zero-order chi connectivity index (χ0) is 15.6. The molecule has 0 aliphatic rings. The Morgan fingerprint density at radius 3 is 2.48 bits per heavy atom. The molecule has 1 heterocycles. The molecule has 108 valence electrons. The van der Waals surface area contributed by atoms with Crippen molar-refractivity contribution < 1.29 is 15.1 Å². The second-order valence-corrected chi connectivity index (χ2v) is 4.00. The van der Waals surface area contributed by atoms with Gasteiger partial charge in [0.1, 0.15) is 17.2 Å². The van der Waals surface area contributed by atoms with Crippen molar-refractivity contribution in [3.63, 3.8) is 0 Å². The molecular formula is C12H9N3O6. The molecule has 0 aliphatic heterocycles. The van der Waals surface area contributed by atoms with Crippen LogP contribution < -0.4 is 11.2 Å². The van der Waals surface area contributed by atoms with Crippen molar-refractivity contribution in [2.24, 2.45) is 0 Å². The van der Waals surface area contributed by atoms with Crippen LogP contribution in [0.2, 0.25) is 0 Å². The van der Waals surface area contributed by atoms with E-state index in [4.69, 9.17) is 5.11 Å². The zero-order valence-electron chi connectivity index (χ0n) is 10.4. The topological polar surface area (TPSA) is 149 Å². The van der Waals surface area contributed by atoms with Crippen molar-refractivity contribution in [3.8, 4) is 11.5 Å². The zero-order valence-corrected chi connectivity index (χ0v) is 10.4. The molecule has 2 aromatic rings. The number of aromatic hydroxyl groups is 2. The van der Waals surface area contributed by atoms with Crippen LogP contribution in [-0.4, -0.2) is 25.1 Å². The lowest BCUT2D eigenvalue weighted by Gasteiger charge is -2.00. The van der Waals surface area contributed by atoms with E-state index >= 15 is 0 Å². The van der Waals surface area contributed by atoms with E-state index < -0.39 is 21.9 Å². The Kier molecular flexibility index (Phi) is 3.57. The maximum atomic E-state index is 11.4. The van der Waals surface area contributed by atoms with Crippen molar-refractivity contribution in [3.05, 3.63) is 60.4 Å². The summed E-state index contributed by atoms with van der Waals surface area (Å²) in [6, 6.07) is 3.74. The van der Waals surface area contributed by atoms with Gasteiger partial charge in [-0.3, -0.25) is 19.9 Å². The molecule has 0 spiro atoms. The van der Waals surface area contributed by atoms with Gasteiger partial charge >= 0.3 is 16.9 Å². The number of benzene rings is 1. The molecule has 0 fully saturated rings. The maximum Gasteiger partial charge on any atom is 0.357 e. The molecule has 1 aromatic heterocycles. The Bertz CT molecular complexity index is 849. The Hall–Kier alpha value is -3.36. The van der Waals surface area contributed by atoms with E-state index in [0.29, 0.717) is 0 Å². The van der Waals surface area contributed by atoms with Crippen LogP contribution in [0.1, 0.15) is 11.3 Å². The van der Waals surface area contributed by atoms with E-state index in [9.17, 15) is 24.8 Å². The molecule has 4 N–H and O–H groups in total. The van der Waals surface area contributed by atoms with Crippen molar-refractivity contribution >= 4 is 17.8 Å². The molecular weight excluding hydrogens is 282 g/mol. The van der Waals surface area contributed by atoms with Gasteiger partial charge in [0.15, 0.2) is 0 Å². The lowest BCUT2D eigenvalue weighted by atomic mass is 10.1. The minimum Gasteiger partial charge on any atom is -0.508 e. The molecule has 1 aromatic carbocycles. The highest BCUT2D eigenvalue weighted by molar-refractivity contribution is 5.74. The smallest absolute Gasteiger partial charge is 0.357 e.